The molecule has 0 atom stereocenters. The van der Waals surface area contributed by atoms with Gasteiger partial charge in [-0.1, -0.05) is 0 Å². The van der Waals surface area contributed by atoms with Gasteiger partial charge in [0, 0.05) is 6.92 Å². The number of anilines is 1. The molecule has 0 fully saturated rings. The summed E-state index contributed by atoms with van der Waals surface area (Å²) in [6, 6.07) is 0. The molecule has 6 nitrogen and oxygen atoms in total. The van der Waals surface area contributed by atoms with Gasteiger partial charge >= 0.3 is 0 Å². The van der Waals surface area contributed by atoms with Crippen LogP contribution in [0.15, 0.2) is 0 Å². The number of hydrogen-bond donors (Lipinski definition) is 3. The largest absolute Gasteiger partial charge is 0.274 e. The molecule has 1 aromatic heterocycles. The van der Waals surface area contributed by atoms with E-state index in [9.17, 15) is 4.79 Å². The number of hydrogen-bond acceptors (Lipinski definition) is 4. The minimum Gasteiger partial charge on any atom is -0.274 e. The van der Waals surface area contributed by atoms with E-state index >= 15 is 0 Å². The molecule has 1 rings (SSSR count). The van der Waals surface area contributed by atoms with Crippen molar-refractivity contribution in [3.8, 4) is 0 Å². The molecule has 7 heteroatoms. The van der Waals surface area contributed by atoms with Crippen LogP contribution in [0.25, 0.3) is 0 Å². The molecule has 0 aliphatic heterocycles. The monoisotopic (exact) mass is 191 g/mol. The summed E-state index contributed by atoms with van der Waals surface area (Å²) in [5.41, 5.74) is 4.85. The Labute approximate surface area is 75.5 Å². The van der Waals surface area contributed by atoms with E-state index in [4.69, 9.17) is 0 Å². The third kappa shape index (κ3) is 3.20. The molecule has 1 aromatic rings. The number of amides is 1. The van der Waals surface area contributed by atoms with Gasteiger partial charge in [-0.25, -0.2) is 0 Å². The van der Waals surface area contributed by atoms with Crippen molar-refractivity contribution in [2.45, 2.75) is 13.8 Å². The minimum absolute atomic E-state index is 0. The summed E-state index contributed by atoms with van der Waals surface area (Å²) < 4.78 is 0. The highest BCUT2D eigenvalue weighted by atomic mass is 35.5. The molecule has 1 heterocycles. The number of rotatable bonds is 2. The minimum atomic E-state index is -0.188. The number of hydrazine groups is 1. The van der Waals surface area contributed by atoms with Crippen LogP contribution in [0.2, 0.25) is 0 Å². The summed E-state index contributed by atoms with van der Waals surface area (Å²) in [4.78, 5) is 14.3. The van der Waals surface area contributed by atoms with Crippen LogP contribution in [0.4, 0.5) is 5.95 Å². The smallest absolute Gasteiger partial charge is 0.260 e. The van der Waals surface area contributed by atoms with Crippen LogP contribution in [-0.4, -0.2) is 21.1 Å². The Balaban J connectivity index is 0.00000121. The Morgan fingerprint density at radius 1 is 1.58 bits per heavy atom. The Hall–Kier alpha value is -1.30. The maximum atomic E-state index is 10.4. The first-order valence-electron chi connectivity index (χ1n) is 3.10. The average Bonchev–Trinajstić information content (AvgIpc) is 2.31. The van der Waals surface area contributed by atoms with Crippen molar-refractivity contribution in [3.05, 3.63) is 5.82 Å². The highest BCUT2D eigenvalue weighted by Crippen LogP contribution is 1.92. The number of halogens is 1. The number of aryl methyl sites for hydroxylation is 1. The molecule has 3 N–H and O–H groups in total. The van der Waals surface area contributed by atoms with E-state index < -0.39 is 0 Å². The molecule has 0 radical (unpaired) electrons. The Bertz CT molecular complexity index is 260. The molecule has 0 aliphatic rings. The van der Waals surface area contributed by atoms with Gasteiger partial charge in [-0.05, 0) is 6.92 Å². The lowest BCUT2D eigenvalue weighted by atomic mass is 10.7. The Kier molecular flexibility index (Phi) is 4.06. The molecule has 1 amide bonds. The van der Waals surface area contributed by atoms with Crippen LogP contribution in [0.5, 0.6) is 0 Å². The molecule has 0 saturated carbocycles. The SMILES string of the molecule is CC(=O)NNc1n[nH]c(C)n1.Cl. The predicted molar refractivity (Wildman–Crippen MR) is 45.8 cm³/mol. The molecule has 0 bridgehead atoms. The van der Waals surface area contributed by atoms with Crippen molar-refractivity contribution in [1.29, 1.82) is 0 Å². The third-order valence-electron chi connectivity index (χ3n) is 0.948. The van der Waals surface area contributed by atoms with E-state index in [0.717, 1.165) is 0 Å². The van der Waals surface area contributed by atoms with Crippen molar-refractivity contribution in [3.63, 3.8) is 0 Å². The average molecular weight is 192 g/mol. The fourth-order valence-corrected chi connectivity index (χ4v) is 0.543. The summed E-state index contributed by atoms with van der Waals surface area (Å²) >= 11 is 0. The zero-order valence-corrected chi connectivity index (χ0v) is 7.53. The summed E-state index contributed by atoms with van der Waals surface area (Å²) in [5, 5.41) is 6.34. The van der Waals surface area contributed by atoms with Gasteiger partial charge in [-0.3, -0.25) is 20.7 Å². The maximum Gasteiger partial charge on any atom is 0.260 e. The van der Waals surface area contributed by atoms with Gasteiger partial charge in [0.2, 0.25) is 5.91 Å². The van der Waals surface area contributed by atoms with Crippen LogP contribution in [-0.2, 0) is 4.79 Å². The van der Waals surface area contributed by atoms with Crippen molar-refractivity contribution in [2.24, 2.45) is 0 Å². The van der Waals surface area contributed by atoms with E-state index in [1.165, 1.54) is 6.92 Å². The van der Waals surface area contributed by atoms with Crippen LogP contribution in [0.1, 0.15) is 12.7 Å². The van der Waals surface area contributed by atoms with E-state index in [1.807, 2.05) is 0 Å². The molecule has 0 spiro atoms. The van der Waals surface area contributed by atoms with E-state index in [1.54, 1.807) is 6.92 Å². The number of carbonyl (C=O) groups excluding carboxylic acids is 1. The lowest BCUT2D eigenvalue weighted by molar-refractivity contribution is -0.118. The standard InChI is InChI=1S/C5H9N5O.ClH/c1-3-6-5(9-7-3)10-8-4(2)11;/h1-2H3,(H,8,11)(H2,6,7,9,10);1H. The second-order valence-corrected chi connectivity index (χ2v) is 2.05. The van der Waals surface area contributed by atoms with Gasteiger partial charge in [0.05, 0.1) is 0 Å². The van der Waals surface area contributed by atoms with Gasteiger partial charge in [0.15, 0.2) is 0 Å². The normalized spacial score (nSPS) is 8.50. The quantitative estimate of drug-likeness (QED) is 0.575. The molecular weight excluding hydrogens is 182 g/mol. The molecular formula is C5H10ClN5O. The van der Waals surface area contributed by atoms with Crippen LogP contribution >= 0.6 is 12.4 Å². The topological polar surface area (TPSA) is 82.7 Å². The van der Waals surface area contributed by atoms with E-state index in [0.29, 0.717) is 11.8 Å². The number of nitrogens with zero attached hydrogens (tertiary/aromatic N) is 2. The molecule has 68 valence electrons. The summed E-state index contributed by atoms with van der Waals surface area (Å²) in [6.45, 7) is 3.17. The lowest BCUT2D eigenvalue weighted by Gasteiger charge is -1.98. The van der Waals surface area contributed by atoms with Gasteiger partial charge < -0.3 is 0 Å². The zero-order chi connectivity index (χ0) is 8.27. The summed E-state index contributed by atoms with van der Waals surface area (Å²) in [6.07, 6.45) is 0. The first kappa shape index (κ1) is 10.7. The van der Waals surface area contributed by atoms with E-state index in [2.05, 4.69) is 26.0 Å². The molecule has 0 unspecified atom stereocenters. The highest BCUT2D eigenvalue weighted by molar-refractivity contribution is 5.85. The second-order valence-electron chi connectivity index (χ2n) is 2.05. The van der Waals surface area contributed by atoms with Gasteiger partial charge in [0.1, 0.15) is 5.82 Å². The van der Waals surface area contributed by atoms with Crippen molar-refractivity contribution < 1.29 is 4.79 Å². The van der Waals surface area contributed by atoms with Crippen LogP contribution < -0.4 is 10.9 Å². The lowest BCUT2D eigenvalue weighted by Crippen LogP contribution is -2.27. The van der Waals surface area contributed by atoms with Crippen LogP contribution in [0.3, 0.4) is 0 Å². The number of carbonyl (C=O) groups is 1. The van der Waals surface area contributed by atoms with Crippen molar-refractivity contribution in [2.75, 3.05) is 5.43 Å². The fraction of sp³-hybridized carbons (Fsp3) is 0.400. The van der Waals surface area contributed by atoms with Crippen molar-refractivity contribution >= 4 is 24.3 Å². The summed E-state index contributed by atoms with van der Waals surface area (Å²) in [5.74, 6) is 0.864. The molecule has 12 heavy (non-hydrogen) atoms. The van der Waals surface area contributed by atoms with Gasteiger partial charge in [-0.15, -0.1) is 17.5 Å². The molecule has 0 aromatic carbocycles. The second kappa shape index (κ2) is 4.55. The maximum absolute atomic E-state index is 10.4. The zero-order valence-electron chi connectivity index (χ0n) is 6.71. The molecule has 0 saturated heterocycles. The predicted octanol–water partition coefficient (Wildman–Crippen LogP) is -0.00208. The number of aromatic nitrogens is 3. The van der Waals surface area contributed by atoms with E-state index in [-0.39, 0.29) is 18.3 Å². The summed E-state index contributed by atoms with van der Waals surface area (Å²) in [7, 11) is 0. The third-order valence-corrected chi connectivity index (χ3v) is 0.948. The van der Waals surface area contributed by atoms with Gasteiger partial charge in [-0.2, -0.15) is 4.98 Å². The Morgan fingerprint density at radius 3 is 2.67 bits per heavy atom. The number of aromatic amines is 1. The highest BCUT2D eigenvalue weighted by Gasteiger charge is 1.96. The fourth-order valence-electron chi connectivity index (χ4n) is 0.543. The van der Waals surface area contributed by atoms with Crippen molar-refractivity contribution in [1.82, 2.24) is 20.6 Å². The first-order valence-corrected chi connectivity index (χ1v) is 3.10. The Morgan fingerprint density at radius 2 is 2.25 bits per heavy atom. The number of nitrogens with one attached hydrogen (secondary N) is 3. The number of H-pyrrole nitrogens is 1. The van der Waals surface area contributed by atoms with Gasteiger partial charge in [0.25, 0.3) is 5.95 Å². The van der Waals surface area contributed by atoms with Crippen LogP contribution in [0, 0.1) is 6.92 Å². The first-order chi connectivity index (χ1) is 5.18. The molecule has 0 aliphatic carbocycles.